The summed E-state index contributed by atoms with van der Waals surface area (Å²) >= 11 is 0. The second kappa shape index (κ2) is 10.8. The SMILES string of the molecule is CN=C(NCCCOC1CCN(Cc2ccccc2)CC1)NCC1(C)COC1. The summed E-state index contributed by atoms with van der Waals surface area (Å²) < 4.78 is 11.4. The van der Waals surface area contributed by atoms with Crippen molar-refractivity contribution in [3.63, 3.8) is 0 Å². The van der Waals surface area contributed by atoms with Crippen molar-refractivity contribution in [2.24, 2.45) is 10.4 Å². The fourth-order valence-corrected chi connectivity index (χ4v) is 3.67. The van der Waals surface area contributed by atoms with Crippen LogP contribution in [0.3, 0.4) is 0 Å². The molecule has 1 aromatic carbocycles. The zero-order valence-corrected chi connectivity index (χ0v) is 17.5. The molecule has 6 nitrogen and oxygen atoms in total. The summed E-state index contributed by atoms with van der Waals surface area (Å²) in [6.07, 6.45) is 3.66. The standard InChI is InChI=1S/C22H36N4O2/c1-22(17-27-18-22)16-25-21(23-2)24-11-6-14-28-20-9-12-26(13-10-20)15-19-7-4-3-5-8-19/h3-5,7-8,20H,6,9-18H2,1-2H3,(H2,23,24,25). The quantitative estimate of drug-likeness (QED) is 0.386. The molecule has 2 aliphatic heterocycles. The Balaban J connectivity index is 1.22. The van der Waals surface area contributed by atoms with Crippen LogP contribution in [0.5, 0.6) is 0 Å². The van der Waals surface area contributed by atoms with E-state index in [-0.39, 0.29) is 5.41 Å². The molecule has 0 aromatic heterocycles. The van der Waals surface area contributed by atoms with Gasteiger partial charge in [-0.15, -0.1) is 0 Å². The van der Waals surface area contributed by atoms with Gasteiger partial charge in [0.15, 0.2) is 5.96 Å². The zero-order valence-electron chi connectivity index (χ0n) is 17.5. The van der Waals surface area contributed by atoms with Crippen LogP contribution in [0.4, 0.5) is 0 Å². The summed E-state index contributed by atoms with van der Waals surface area (Å²) in [5.74, 6) is 0.863. The van der Waals surface area contributed by atoms with Crippen molar-refractivity contribution >= 4 is 5.96 Å². The molecule has 0 saturated carbocycles. The third-order valence-electron chi connectivity index (χ3n) is 5.56. The van der Waals surface area contributed by atoms with E-state index in [2.05, 4.69) is 57.8 Å². The number of ether oxygens (including phenoxy) is 2. The lowest BCUT2D eigenvalue weighted by Gasteiger charge is -2.38. The molecule has 2 aliphatic rings. The van der Waals surface area contributed by atoms with Gasteiger partial charge in [-0.3, -0.25) is 9.89 Å². The Kier molecular flexibility index (Phi) is 8.13. The highest BCUT2D eigenvalue weighted by atomic mass is 16.5. The summed E-state index contributed by atoms with van der Waals surface area (Å²) in [5.41, 5.74) is 1.64. The second-order valence-electron chi connectivity index (χ2n) is 8.34. The number of likely N-dealkylation sites (tertiary alicyclic amines) is 1. The van der Waals surface area contributed by atoms with Crippen molar-refractivity contribution in [2.75, 3.05) is 53.0 Å². The van der Waals surface area contributed by atoms with Crippen molar-refractivity contribution in [2.45, 2.75) is 38.8 Å². The molecule has 1 aromatic rings. The molecule has 156 valence electrons. The predicted molar refractivity (Wildman–Crippen MR) is 114 cm³/mol. The highest BCUT2D eigenvalue weighted by molar-refractivity contribution is 5.79. The number of nitrogens with one attached hydrogen (secondary N) is 2. The van der Waals surface area contributed by atoms with E-state index >= 15 is 0 Å². The minimum Gasteiger partial charge on any atom is -0.380 e. The number of nitrogens with zero attached hydrogens (tertiary/aromatic N) is 2. The molecular weight excluding hydrogens is 352 g/mol. The van der Waals surface area contributed by atoms with E-state index in [1.807, 2.05) is 7.05 Å². The molecule has 2 saturated heterocycles. The molecule has 28 heavy (non-hydrogen) atoms. The molecule has 0 radical (unpaired) electrons. The van der Waals surface area contributed by atoms with Gasteiger partial charge < -0.3 is 20.1 Å². The maximum atomic E-state index is 6.09. The average Bonchev–Trinajstić information content (AvgIpc) is 2.70. The summed E-state index contributed by atoms with van der Waals surface area (Å²) in [6.45, 7) is 9.76. The molecule has 3 rings (SSSR count). The van der Waals surface area contributed by atoms with Gasteiger partial charge in [0.2, 0.25) is 0 Å². The fourth-order valence-electron chi connectivity index (χ4n) is 3.67. The van der Waals surface area contributed by atoms with Gasteiger partial charge in [0.25, 0.3) is 0 Å². The van der Waals surface area contributed by atoms with Crippen LogP contribution in [-0.2, 0) is 16.0 Å². The van der Waals surface area contributed by atoms with E-state index < -0.39 is 0 Å². The number of hydrogen-bond donors (Lipinski definition) is 2. The Hall–Kier alpha value is -1.63. The summed E-state index contributed by atoms with van der Waals surface area (Å²) in [5, 5.41) is 6.76. The van der Waals surface area contributed by atoms with Gasteiger partial charge in [-0.1, -0.05) is 37.3 Å². The zero-order chi connectivity index (χ0) is 19.7. The third-order valence-corrected chi connectivity index (χ3v) is 5.56. The maximum Gasteiger partial charge on any atom is 0.191 e. The molecule has 2 heterocycles. The van der Waals surface area contributed by atoms with Crippen LogP contribution >= 0.6 is 0 Å². The van der Waals surface area contributed by atoms with Gasteiger partial charge in [0.05, 0.1) is 19.3 Å². The lowest BCUT2D eigenvalue weighted by Crippen LogP contribution is -2.51. The van der Waals surface area contributed by atoms with E-state index in [1.165, 1.54) is 5.56 Å². The van der Waals surface area contributed by atoms with Gasteiger partial charge >= 0.3 is 0 Å². The lowest BCUT2D eigenvalue weighted by atomic mass is 9.89. The lowest BCUT2D eigenvalue weighted by molar-refractivity contribution is -0.0971. The predicted octanol–water partition coefficient (Wildman–Crippen LogP) is 2.26. The summed E-state index contributed by atoms with van der Waals surface area (Å²) in [7, 11) is 1.81. The third kappa shape index (κ3) is 6.76. The highest BCUT2D eigenvalue weighted by Gasteiger charge is 2.33. The summed E-state index contributed by atoms with van der Waals surface area (Å²) in [4.78, 5) is 6.81. The van der Waals surface area contributed by atoms with Crippen LogP contribution in [0, 0.1) is 5.41 Å². The first-order valence-corrected chi connectivity index (χ1v) is 10.6. The van der Waals surface area contributed by atoms with Crippen molar-refractivity contribution < 1.29 is 9.47 Å². The Morgan fingerprint density at radius 1 is 1.21 bits per heavy atom. The number of rotatable bonds is 9. The number of benzene rings is 1. The Morgan fingerprint density at radius 2 is 1.96 bits per heavy atom. The van der Waals surface area contributed by atoms with E-state index in [0.717, 1.165) is 77.8 Å². The maximum absolute atomic E-state index is 6.09. The first-order chi connectivity index (χ1) is 13.7. The van der Waals surface area contributed by atoms with Crippen LogP contribution in [0.1, 0.15) is 31.7 Å². The van der Waals surface area contributed by atoms with Crippen molar-refractivity contribution in [1.82, 2.24) is 15.5 Å². The van der Waals surface area contributed by atoms with Gasteiger partial charge in [-0.25, -0.2) is 0 Å². The highest BCUT2D eigenvalue weighted by Crippen LogP contribution is 2.24. The van der Waals surface area contributed by atoms with Crippen LogP contribution in [0.25, 0.3) is 0 Å². The molecule has 0 amide bonds. The number of hydrogen-bond acceptors (Lipinski definition) is 4. The second-order valence-corrected chi connectivity index (χ2v) is 8.34. The van der Waals surface area contributed by atoms with Gasteiger partial charge in [0.1, 0.15) is 0 Å². The molecule has 0 spiro atoms. The first kappa shape index (κ1) is 21.1. The largest absolute Gasteiger partial charge is 0.380 e. The number of piperidine rings is 1. The van der Waals surface area contributed by atoms with E-state index in [1.54, 1.807) is 0 Å². The molecule has 0 bridgehead atoms. The molecule has 0 atom stereocenters. The van der Waals surface area contributed by atoms with Crippen LogP contribution in [-0.4, -0.2) is 70.0 Å². The average molecular weight is 389 g/mol. The van der Waals surface area contributed by atoms with Crippen LogP contribution in [0.2, 0.25) is 0 Å². The van der Waals surface area contributed by atoms with Gasteiger partial charge in [-0.2, -0.15) is 0 Å². The molecule has 0 unspecified atom stereocenters. The van der Waals surface area contributed by atoms with Crippen molar-refractivity contribution in [3.8, 4) is 0 Å². The molecule has 6 heteroatoms. The van der Waals surface area contributed by atoms with Gasteiger partial charge in [-0.05, 0) is 24.8 Å². The molecule has 2 N–H and O–H groups in total. The number of guanidine groups is 1. The van der Waals surface area contributed by atoms with E-state index in [0.29, 0.717) is 6.10 Å². The van der Waals surface area contributed by atoms with Crippen LogP contribution in [0.15, 0.2) is 35.3 Å². The number of aliphatic imine (C=N–C) groups is 1. The normalized spacial score (nSPS) is 20.6. The topological polar surface area (TPSA) is 58.1 Å². The summed E-state index contributed by atoms with van der Waals surface area (Å²) in [6, 6.07) is 10.7. The van der Waals surface area contributed by atoms with E-state index in [9.17, 15) is 0 Å². The Bertz CT molecular complexity index is 596. The molecule has 0 aliphatic carbocycles. The molecular formula is C22H36N4O2. The Morgan fingerprint density at radius 3 is 2.61 bits per heavy atom. The minimum absolute atomic E-state index is 0.246. The van der Waals surface area contributed by atoms with E-state index in [4.69, 9.17) is 9.47 Å². The van der Waals surface area contributed by atoms with Gasteiger partial charge in [0, 0.05) is 51.8 Å². The van der Waals surface area contributed by atoms with Crippen molar-refractivity contribution in [1.29, 1.82) is 0 Å². The molecule has 2 fully saturated rings. The minimum atomic E-state index is 0.246. The fraction of sp³-hybridized carbons (Fsp3) is 0.682. The van der Waals surface area contributed by atoms with Crippen molar-refractivity contribution in [3.05, 3.63) is 35.9 Å². The first-order valence-electron chi connectivity index (χ1n) is 10.6. The van der Waals surface area contributed by atoms with Crippen LogP contribution < -0.4 is 10.6 Å². The monoisotopic (exact) mass is 388 g/mol. The smallest absolute Gasteiger partial charge is 0.191 e. The Labute approximate surface area is 169 Å².